The van der Waals surface area contributed by atoms with E-state index in [-0.39, 0.29) is 17.6 Å². The van der Waals surface area contributed by atoms with Crippen molar-refractivity contribution in [1.29, 1.82) is 0 Å². The summed E-state index contributed by atoms with van der Waals surface area (Å²) in [7, 11) is 1.74. The molecule has 0 radical (unpaired) electrons. The highest BCUT2D eigenvalue weighted by atomic mass is 79.9. The van der Waals surface area contributed by atoms with Gasteiger partial charge in [-0.05, 0) is 55.7 Å². The van der Waals surface area contributed by atoms with Gasteiger partial charge in [0.2, 0.25) is 11.8 Å². The number of aromatic amines is 1. The van der Waals surface area contributed by atoms with E-state index in [0.717, 1.165) is 27.8 Å². The molecule has 1 aromatic heterocycles. The second kappa shape index (κ2) is 9.65. The summed E-state index contributed by atoms with van der Waals surface area (Å²) in [6.07, 6.45) is 1.94. The normalized spacial score (nSPS) is 15.9. The largest absolute Gasteiger partial charge is 0.345 e. The number of aryl methyl sites for hydroxylation is 1. The molecular formula is C24H24BrFN4O2. The fourth-order valence-electron chi connectivity index (χ4n) is 3.98. The minimum absolute atomic E-state index is 0.141. The van der Waals surface area contributed by atoms with Crippen LogP contribution in [-0.2, 0) is 16.0 Å². The summed E-state index contributed by atoms with van der Waals surface area (Å²) in [6, 6.07) is 15.8. The first kappa shape index (κ1) is 22.2. The minimum Gasteiger partial charge on any atom is -0.345 e. The molecule has 0 bridgehead atoms. The monoisotopic (exact) mass is 498 g/mol. The number of nitrogens with zero attached hydrogens (tertiary/aromatic N) is 3. The number of rotatable bonds is 7. The molecule has 2 aromatic carbocycles. The second-order valence-corrected chi connectivity index (χ2v) is 8.88. The van der Waals surface area contributed by atoms with Crippen LogP contribution < -0.4 is 4.90 Å². The highest BCUT2D eigenvalue weighted by Crippen LogP contribution is 2.28. The second-order valence-electron chi connectivity index (χ2n) is 7.96. The Morgan fingerprint density at radius 1 is 1.25 bits per heavy atom. The first-order valence-electron chi connectivity index (χ1n) is 10.5. The van der Waals surface area contributed by atoms with Gasteiger partial charge < -0.3 is 9.80 Å². The number of amides is 2. The highest BCUT2D eigenvalue weighted by molar-refractivity contribution is 9.10. The summed E-state index contributed by atoms with van der Waals surface area (Å²) >= 11 is 3.43. The Bertz CT molecular complexity index is 1130. The number of aromatic nitrogens is 2. The number of hydrogen-bond acceptors (Lipinski definition) is 3. The number of halogens is 2. The summed E-state index contributed by atoms with van der Waals surface area (Å²) in [5.74, 6) is -1.22. The summed E-state index contributed by atoms with van der Waals surface area (Å²) in [5.41, 5.74) is 3.13. The van der Waals surface area contributed by atoms with E-state index >= 15 is 0 Å². The summed E-state index contributed by atoms with van der Waals surface area (Å²) in [5, 5.41) is 7.23. The summed E-state index contributed by atoms with van der Waals surface area (Å²) < 4.78 is 14.3. The van der Waals surface area contributed by atoms with Gasteiger partial charge >= 0.3 is 0 Å². The zero-order valence-electron chi connectivity index (χ0n) is 17.7. The Kier molecular flexibility index (Phi) is 6.69. The van der Waals surface area contributed by atoms with Crippen molar-refractivity contribution >= 4 is 33.4 Å². The maximum absolute atomic E-state index is 13.4. The molecule has 166 valence electrons. The highest BCUT2D eigenvalue weighted by Gasteiger charge is 2.38. The smallest absolute Gasteiger partial charge is 0.239 e. The predicted octanol–water partition coefficient (Wildman–Crippen LogP) is 4.42. The van der Waals surface area contributed by atoms with E-state index in [0.29, 0.717) is 31.6 Å². The van der Waals surface area contributed by atoms with Crippen molar-refractivity contribution in [3.8, 4) is 11.3 Å². The van der Waals surface area contributed by atoms with Crippen LogP contribution in [0.1, 0.15) is 18.5 Å². The Morgan fingerprint density at radius 2 is 2.06 bits per heavy atom. The van der Waals surface area contributed by atoms with E-state index in [4.69, 9.17) is 0 Å². The molecule has 3 aromatic rings. The van der Waals surface area contributed by atoms with Crippen molar-refractivity contribution in [2.75, 3.05) is 25.0 Å². The SMILES string of the molecule is CN(CCCc1cc(-c2cccc(F)c2)n[nH]1)C(=O)C1CCN(c2cccc(Br)c2)C1=O. The quantitative estimate of drug-likeness (QED) is 0.490. The van der Waals surface area contributed by atoms with Crippen LogP contribution in [-0.4, -0.2) is 47.0 Å². The third kappa shape index (κ3) is 4.91. The van der Waals surface area contributed by atoms with Gasteiger partial charge in [0.15, 0.2) is 0 Å². The van der Waals surface area contributed by atoms with Crippen LogP contribution in [0.2, 0.25) is 0 Å². The van der Waals surface area contributed by atoms with E-state index in [1.807, 2.05) is 36.4 Å². The Hall–Kier alpha value is -3.00. The molecule has 1 aliphatic rings. The Morgan fingerprint density at radius 3 is 2.84 bits per heavy atom. The number of carbonyl (C=O) groups is 2. The number of benzene rings is 2. The average molecular weight is 499 g/mol. The van der Waals surface area contributed by atoms with Crippen molar-refractivity contribution in [1.82, 2.24) is 15.1 Å². The van der Waals surface area contributed by atoms with Crippen LogP contribution >= 0.6 is 15.9 Å². The minimum atomic E-state index is -0.634. The van der Waals surface area contributed by atoms with Crippen LogP contribution in [0.3, 0.4) is 0 Å². The maximum Gasteiger partial charge on any atom is 0.239 e. The van der Waals surface area contributed by atoms with Crippen molar-refractivity contribution in [3.63, 3.8) is 0 Å². The molecule has 1 N–H and O–H groups in total. The van der Waals surface area contributed by atoms with Gasteiger partial charge in [-0.1, -0.05) is 34.1 Å². The lowest BCUT2D eigenvalue weighted by atomic mass is 10.1. The lowest BCUT2D eigenvalue weighted by Gasteiger charge is -2.21. The molecule has 1 aliphatic heterocycles. The van der Waals surface area contributed by atoms with E-state index in [1.54, 1.807) is 22.9 Å². The molecule has 2 heterocycles. The summed E-state index contributed by atoms with van der Waals surface area (Å²) in [4.78, 5) is 29.0. The van der Waals surface area contributed by atoms with Gasteiger partial charge in [-0.15, -0.1) is 0 Å². The van der Waals surface area contributed by atoms with Crippen LogP contribution in [0, 0.1) is 11.7 Å². The van der Waals surface area contributed by atoms with Crippen molar-refractivity contribution in [3.05, 3.63) is 70.6 Å². The molecule has 4 rings (SSSR count). The van der Waals surface area contributed by atoms with Crippen LogP contribution in [0.5, 0.6) is 0 Å². The molecule has 0 spiro atoms. The van der Waals surface area contributed by atoms with Gasteiger partial charge in [0, 0.05) is 41.6 Å². The molecule has 8 heteroatoms. The summed E-state index contributed by atoms with van der Waals surface area (Å²) in [6.45, 7) is 1.07. The molecule has 0 aliphatic carbocycles. The first-order valence-corrected chi connectivity index (χ1v) is 11.3. The van der Waals surface area contributed by atoms with Gasteiger partial charge in [-0.3, -0.25) is 14.7 Å². The average Bonchev–Trinajstić information content (AvgIpc) is 3.40. The third-order valence-electron chi connectivity index (χ3n) is 5.69. The van der Waals surface area contributed by atoms with Crippen molar-refractivity contribution in [2.24, 2.45) is 5.92 Å². The van der Waals surface area contributed by atoms with Gasteiger partial charge in [0.1, 0.15) is 11.7 Å². The fourth-order valence-corrected chi connectivity index (χ4v) is 4.36. The van der Waals surface area contributed by atoms with Crippen LogP contribution in [0.25, 0.3) is 11.3 Å². The van der Waals surface area contributed by atoms with Gasteiger partial charge in [-0.25, -0.2) is 4.39 Å². The lowest BCUT2D eigenvalue weighted by molar-refractivity contribution is -0.138. The zero-order valence-corrected chi connectivity index (χ0v) is 19.3. The van der Waals surface area contributed by atoms with Gasteiger partial charge in [-0.2, -0.15) is 5.10 Å². The fraction of sp³-hybridized carbons (Fsp3) is 0.292. The number of anilines is 1. The number of carbonyl (C=O) groups excluding carboxylic acids is 2. The lowest BCUT2D eigenvalue weighted by Crippen LogP contribution is -2.38. The molecule has 6 nitrogen and oxygen atoms in total. The molecule has 32 heavy (non-hydrogen) atoms. The molecule has 1 saturated heterocycles. The van der Waals surface area contributed by atoms with E-state index < -0.39 is 5.92 Å². The molecule has 0 saturated carbocycles. The standard InChI is InChI=1S/C24H24BrFN4O2/c1-29(11-4-8-19-15-22(28-27-19)16-5-2-7-18(26)13-16)23(31)21-10-12-30(24(21)32)20-9-3-6-17(25)14-20/h2-3,5-7,9,13-15,21H,4,8,10-12H2,1H3,(H,27,28). The number of H-pyrrole nitrogens is 1. The third-order valence-corrected chi connectivity index (χ3v) is 6.18. The number of hydrogen-bond donors (Lipinski definition) is 1. The topological polar surface area (TPSA) is 69.3 Å². The van der Waals surface area contributed by atoms with Crippen molar-refractivity contribution < 1.29 is 14.0 Å². The Labute approximate surface area is 194 Å². The number of nitrogens with one attached hydrogen (secondary N) is 1. The van der Waals surface area contributed by atoms with E-state index in [2.05, 4.69) is 26.1 Å². The maximum atomic E-state index is 13.4. The van der Waals surface area contributed by atoms with E-state index in [1.165, 1.54) is 12.1 Å². The first-order chi connectivity index (χ1) is 15.4. The molecule has 1 atom stereocenters. The van der Waals surface area contributed by atoms with Gasteiger partial charge in [0.25, 0.3) is 0 Å². The molecule has 2 amide bonds. The molecule has 1 fully saturated rings. The Balaban J connectivity index is 1.29. The zero-order chi connectivity index (χ0) is 22.7. The van der Waals surface area contributed by atoms with E-state index in [9.17, 15) is 14.0 Å². The van der Waals surface area contributed by atoms with Gasteiger partial charge in [0.05, 0.1) is 5.69 Å². The van der Waals surface area contributed by atoms with Crippen molar-refractivity contribution in [2.45, 2.75) is 19.3 Å². The van der Waals surface area contributed by atoms with Crippen LogP contribution in [0.15, 0.2) is 59.1 Å². The molecule has 1 unspecified atom stereocenters. The van der Waals surface area contributed by atoms with Crippen LogP contribution in [0.4, 0.5) is 10.1 Å². The predicted molar refractivity (Wildman–Crippen MR) is 125 cm³/mol. The molecular weight excluding hydrogens is 475 g/mol.